The van der Waals surface area contributed by atoms with Crippen molar-refractivity contribution in [2.75, 3.05) is 0 Å². The number of rotatable bonds is 5. The maximum Gasteiger partial charge on any atom is 0.452 e. The molecule has 20 heavy (non-hydrogen) atoms. The van der Waals surface area contributed by atoms with Gasteiger partial charge in [0.15, 0.2) is 0 Å². The molecule has 0 bridgehead atoms. The average molecular weight is 290 g/mol. The highest BCUT2D eigenvalue weighted by molar-refractivity contribution is 6.01. The van der Waals surface area contributed by atoms with Crippen LogP contribution in [0.3, 0.4) is 0 Å². The molecule has 1 rings (SSSR count). The van der Waals surface area contributed by atoms with Crippen molar-refractivity contribution in [2.45, 2.75) is 26.1 Å². The van der Waals surface area contributed by atoms with E-state index in [2.05, 4.69) is 23.7 Å². The van der Waals surface area contributed by atoms with E-state index in [1.807, 2.05) is 0 Å². The molecule has 0 fully saturated rings. The first-order valence-corrected chi connectivity index (χ1v) is 5.07. The molecule has 1 N–H and O–H groups in total. The second-order valence-electron chi connectivity index (χ2n) is 3.34. The van der Waals surface area contributed by atoms with Crippen molar-refractivity contribution < 1.29 is 48.0 Å². The highest BCUT2D eigenvalue weighted by Crippen LogP contribution is 2.23. The summed E-state index contributed by atoms with van der Waals surface area (Å²) in [6.07, 6.45) is 1.62. The molecule has 0 atom stereocenters. The minimum absolute atomic E-state index is 0.808. The van der Waals surface area contributed by atoms with E-state index >= 15 is 0 Å². The molecule has 1 aliphatic rings. The van der Waals surface area contributed by atoms with Crippen molar-refractivity contribution in [3.05, 3.63) is 12.5 Å². The van der Waals surface area contributed by atoms with Crippen LogP contribution < -0.4 is 0 Å². The lowest BCUT2D eigenvalue weighted by Crippen LogP contribution is -2.50. The van der Waals surface area contributed by atoms with Crippen molar-refractivity contribution in [2.24, 2.45) is 0 Å². The third-order valence-corrected chi connectivity index (χ3v) is 1.80. The van der Waals surface area contributed by atoms with Gasteiger partial charge in [-0.1, -0.05) is 0 Å². The lowest BCUT2D eigenvalue weighted by molar-refractivity contribution is -0.273. The molecular weight excluding hydrogens is 280 g/mol. The van der Waals surface area contributed by atoms with E-state index in [1.165, 1.54) is 0 Å². The predicted octanol–water partition coefficient (Wildman–Crippen LogP) is -0.762. The van der Waals surface area contributed by atoms with E-state index < -0.39 is 36.1 Å². The monoisotopic (exact) mass is 290 g/mol. The molecule has 0 aromatic heterocycles. The SMILES string of the molecule is CC(=O)OC(OC(C)=O)OC(=O)C1(C(=O)O)OC=CO1. The van der Waals surface area contributed by atoms with Crippen LogP contribution in [0.5, 0.6) is 0 Å². The zero-order valence-corrected chi connectivity index (χ0v) is 10.4. The van der Waals surface area contributed by atoms with Gasteiger partial charge in [-0.25, -0.2) is 9.59 Å². The Bertz CT molecular complexity index is 441. The Morgan fingerprint density at radius 3 is 1.80 bits per heavy atom. The van der Waals surface area contributed by atoms with Gasteiger partial charge < -0.3 is 28.8 Å². The Balaban J connectivity index is 2.81. The molecule has 1 aliphatic heterocycles. The second kappa shape index (κ2) is 5.91. The quantitative estimate of drug-likeness (QED) is 0.391. The normalized spacial score (nSPS) is 14.9. The van der Waals surface area contributed by atoms with Gasteiger partial charge >= 0.3 is 36.1 Å². The molecule has 0 saturated carbocycles. The lowest BCUT2D eigenvalue weighted by Gasteiger charge is -2.23. The van der Waals surface area contributed by atoms with Crippen LogP contribution in [0, 0.1) is 0 Å². The minimum atomic E-state index is -2.78. The molecule has 10 nitrogen and oxygen atoms in total. The smallest absolute Gasteiger partial charge is 0.452 e. The van der Waals surface area contributed by atoms with Crippen LogP contribution in [0.4, 0.5) is 0 Å². The molecule has 0 saturated heterocycles. The molecule has 0 aromatic carbocycles. The Morgan fingerprint density at radius 1 is 1.00 bits per heavy atom. The summed E-state index contributed by atoms with van der Waals surface area (Å²) in [4.78, 5) is 44.2. The summed E-state index contributed by atoms with van der Waals surface area (Å²) in [6.45, 7) is -0.135. The van der Waals surface area contributed by atoms with E-state index in [1.54, 1.807) is 0 Å². The Labute approximate surface area is 111 Å². The van der Waals surface area contributed by atoms with Gasteiger partial charge in [-0.2, -0.15) is 0 Å². The van der Waals surface area contributed by atoms with Gasteiger partial charge in [0.2, 0.25) is 0 Å². The maximum absolute atomic E-state index is 11.7. The van der Waals surface area contributed by atoms with Crippen LogP contribution in [0.2, 0.25) is 0 Å². The first-order chi connectivity index (χ1) is 9.28. The van der Waals surface area contributed by atoms with Crippen LogP contribution in [0.1, 0.15) is 13.8 Å². The van der Waals surface area contributed by atoms with Gasteiger partial charge in [0.05, 0.1) is 0 Å². The Hall–Kier alpha value is -2.78. The summed E-state index contributed by atoms with van der Waals surface area (Å²) in [6, 6.07) is 0. The second-order valence-corrected chi connectivity index (χ2v) is 3.34. The number of hydrogen-bond donors (Lipinski definition) is 1. The fourth-order valence-electron chi connectivity index (χ4n) is 1.07. The van der Waals surface area contributed by atoms with E-state index in [4.69, 9.17) is 5.11 Å². The molecule has 0 amide bonds. The van der Waals surface area contributed by atoms with Crippen molar-refractivity contribution in [1.29, 1.82) is 0 Å². The lowest BCUT2D eigenvalue weighted by atomic mass is 10.3. The molecule has 1 heterocycles. The van der Waals surface area contributed by atoms with Crippen LogP contribution >= 0.6 is 0 Å². The Kier molecular flexibility index (Phi) is 4.51. The van der Waals surface area contributed by atoms with Crippen LogP contribution in [0.25, 0.3) is 0 Å². The number of hydrogen-bond acceptors (Lipinski definition) is 9. The van der Waals surface area contributed by atoms with Gasteiger partial charge in [-0.3, -0.25) is 9.59 Å². The average Bonchev–Trinajstić information content (AvgIpc) is 2.76. The van der Waals surface area contributed by atoms with Crippen molar-refractivity contribution in [1.82, 2.24) is 0 Å². The Morgan fingerprint density at radius 2 is 1.45 bits per heavy atom. The first kappa shape index (κ1) is 15.3. The summed E-state index contributed by atoms with van der Waals surface area (Å²) >= 11 is 0. The molecule has 0 aliphatic carbocycles. The van der Waals surface area contributed by atoms with Gasteiger partial charge in [-0.05, 0) is 0 Å². The van der Waals surface area contributed by atoms with Crippen molar-refractivity contribution >= 4 is 23.9 Å². The predicted molar refractivity (Wildman–Crippen MR) is 55.1 cm³/mol. The summed E-state index contributed by atoms with van der Waals surface area (Å²) < 4.78 is 22.2. The molecule has 0 aromatic rings. The number of ether oxygens (including phenoxy) is 5. The third kappa shape index (κ3) is 3.37. The zero-order chi connectivity index (χ0) is 15.3. The molecule has 110 valence electrons. The van der Waals surface area contributed by atoms with E-state index in [0.29, 0.717) is 0 Å². The fourth-order valence-corrected chi connectivity index (χ4v) is 1.07. The number of carboxylic acid groups (broad SMARTS) is 1. The largest absolute Gasteiger partial charge is 0.475 e. The summed E-state index contributed by atoms with van der Waals surface area (Å²) in [5.41, 5.74) is 0. The van der Waals surface area contributed by atoms with Crippen molar-refractivity contribution in [3.63, 3.8) is 0 Å². The molecular formula is C10H10O10. The summed E-state index contributed by atoms with van der Waals surface area (Å²) in [5, 5.41) is 8.90. The number of esters is 3. The molecule has 0 unspecified atom stereocenters. The zero-order valence-electron chi connectivity index (χ0n) is 10.4. The van der Waals surface area contributed by atoms with Gasteiger partial charge in [0, 0.05) is 13.8 Å². The summed E-state index contributed by atoms with van der Waals surface area (Å²) in [5.74, 6) is -8.03. The van der Waals surface area contributed by atoms with Crippen LogP contribution in [0.15, 0.2) is 12.5 Å². The molecule has 0 spiro atoms. The molecule has 10 heteroatoms. The van der Waals surface area contributed by atoms with E-state index in [0.717, 1.165) is 26.4 Å². The van der Waals surface area contributed by atoms with E-state index in [-0.39, 0.29) is 0 Å². The van der Waals surface area contributed by atoms with Gasteiger partial charge in [-0.15, -0.1) is 0 Å². The van der Waals surface area contributed by atoms with Crippen LogP contribution in [-0.4, -0.2) is 41.2 Å². The number of carbonyl (C=O) groups excluding carboxylic acids is 3. The number of carbonyl (C=O) groups is 4. The van der Waals surface area contributed by atoms with E-state index in [9.17, 15) is 19.2 Å². The highest BCUT2D eigenvalue weighted by Gasteiger charge is 2.56. The topological polar surface area (TPSA) is 135 Å². The minimum Gasteiger partial charge on any atom is -0.475 e. The van der Waals surface area contributed by atoms with Crippen molar-refractivity contribution in [3.8, 4) is 0 Å². The summed E-state index contributed by atoms with van der Waals surface area (Å²) in [7, 11) is 0. The maximum atomic E-state index is 11.7. The standard InChI is InChI=1S/C10H10O10/c1-5(11)18-9(19-6(2)12)20-8(15)10(7(13)14)16-3-4-17-10/h3-4,9H,1-2H3,(H,13,14). The number of carboxylic acids is 1. The van der Waals surface area contributed by atoms with Gasteiger partial charge in [0.25, 0.3) is 0 Å². The highest BCUT2D eigenvalue weighted by atomic mass is 16.9. The third-order valence-electron chi connectivity index (χ3n) is 1.80. The molecule has 0 radical (unpaired) electrons. The van der Waals surface area contributed by atoms with Gasteiger partial charge in [0.1, 0.15) is 12.5 Å². The van der Waals surface area contributed by atoms with Crippen LogP contribution in [-0.2, 0) is 42.9 Å². The number of aliphatic carboxylic acids is 1. The fraction of sp³-hybridized carbons (Fsp3) is 0.400. The first-order valence-electron chi connectivity index (χ1n) is 5.07.